The second-order valence-electron chi connectivity index (χ2n) is 7.86. The molecule has 37 heavy (non-hydrogen) atoms. The zero-order valence-corrected chi connectivity index (χ0v) is 20.2. The lowest BCUT2D eigenvalue weighted by molar-refractivity contribution is 0.0959. The van der Waals surface area contributed by atoms with Crippen molar-refractivity contribution in [1.29, 1.82) is 0 Å². The molecule has 0 aliphatic carbocycles. The van der Waals surface area contributed by atoms with Crippen molar-refractivity contribution >= 4 is 35.0 Å². The fourth-order valence-electron chi connectivity index (χ4n) is 3.80. The third-order valence-corrected chi connectivity index (χ3v) is 5.63. The molecule has 0 saturated carbocycles. The fourth-order valence-corrected chi connectivity index (χ4v) is 3.99. The van der Waals surface area contributed by atoms with Crippen molar-refractivity contribution in [2.75, 3.05) is 5.32 Å². The molecular formula is C28H20N6O2S. The van der Waals surface area contributed by atoms with Crippen LogP contribution in [0, 0.1) is 0 Å². The second kappa shape index (κ2) is 10.7. The Morgan fingerprint density at radius 1 is 0.757 bits per heavy atom. The molecule has 0 aliphatic rings. The molecule has 1 amide bonds. The summed E-state index contributed by atoms with van der Waals surface area (Å²) in [6, 6.07) is 29.1. The number of hydrogen-bond acceptors (Lipinski definition) is 6. The molecule has 5 rings (SSSR count). The number of hydrogen-bond donors (Lipinski definition) is 2. The van der Waals surface area contributed by atoms with Gasteiger partial charge in [0.1, 0.15) is 0 Å². The van der Waals surface area contributed by atoms with Crippen LogP contribution in [0.3, 0.4) is 0 Å². The summed E-state index contributed by atoms with van der Waals surface area (Å²) in [5, 5.41) is 9.98. The molecule has 9 heteroatoms. The Bertz CT molecular complexity index is 1560. The van der Waals surface area contributed by atoms with E-state index in [0.29, 0.717) is 16.9 Å². The van der Waals surface area contributed by atoms with E-state index in [9.17, 15) is 9.59 Å². The summed E-state index contributed by atoms with van der Waals surface area (Å²) in [4.78, 5) is 35.5. The third kappa shape index (κ3) is 5.16. The van der Waals surface area contributed by atoms with Crippen LogP contribution in [-0.2, 0) is 0 Å². The summed E-state index contributed by atoms with van der Waals surface area (Å²) in [7, 11) is 0. The Labute approximate surface area is 218 Å². The zero-order chi connectivity index (χ0) is 25.6. The molecule has 0 fully saturated rings. The van der Waals surface area contributed by atoms with Crippen LogP contribution in [0.15, 0.2) is 109 Å². The molecule has 0 aliphatic heterocycles. The van der Waals surface area contributed by atoms with Crippen LogP contribution >= 0.6 is 12.2 Å². The molecule has 0 spiro atoms. The van der Waals surface area contributed by atoms with E-state index in [1.807, 2.05) is 66.7 Å². The van der Waals surface area contributed by atoms with Crippen LogP contribution < -0.4 is 10.6 Å². The van der Waals surface area contributed by atoms with Gasteiger partial charge < -0.3 is 5.32 Å². The number of thiocarbonyl (C=S) groups is 1. The lowest BCUT2D eigenvalue weighted by atomic mass is 9.97. The number of aromatic nitrogens is 4. The third-order valence-electron chi connectivity index (χ3n) is 5.43. The van der Waals surface area contributed by atoms with E-state index >= 15 is 0 Å². The van der Waals surface area contributed by atoms with Crippen molar-refractivity contribution in [2.24, 2.45) is 0 Å². The molecule has 0 bridgehead atoms. The van der Waals surface area contributed by atoms with Crippen LogP contribution in [0.25, 0.3) is 16.9 Å². The molecule has 8 nitrogen and oxygen atoms in total. The molecule has 0 unspecified atom stereocenters. The van der Waals surface area contributed by atoms with Crippen LogP contribution in [0.2, 0.25) is 0 Å². The number of carbonyl (C=O) groups is 2. The average molecular weight is 505 g/mol. The van der Waals surface area contributed by atoms with Gasteiger partial charge in [0.05, 0.1) is 16.9 Å². The van der Waals surface area contributed by atoms with Gasteiger partial charge in [-0.15, -0.1) is 0 Å². The summed E-state index contributed by atoms with van der Waals surface area (Å²) < 4.78 is 1.61. The number of nitrogens with zero attached hydrogens (tertiary/aromatic N) is 4. The Morgan fingerprint density at radius 3 is 2.00 bits per heavy atom. The maximum atomic E-state index is 13.9. The van der Waals surface area contributed by atoms with Gasteiger partial charge in [-0.05, 0) is 30.4 Å². The average Bonchev–Trinajstić information content (AvgIpc) is 3.35. The Kier molecular flexibility index (Phi) is 6.87. The van der Waals surface area contributed by atoms with Crippen LogP contribution in [-0.4, -0.2) is 36.6 Å². The van der Waals surface area contributed by atoms with Gasteiger partial charge in [-0.2, -0.15) is 5.10 Å². The SMILES string of the molecule is O=C(NC(=S)Nc1ncccn1)c1nn(-c2ccccc2)c(-c2ccccc2)c1C(=O)c1ccccc1. The first kappa shape index (κ1) is 23.7. The monoisotopic (exact) mass is 504 g/mol. The summed E-state index contributed by atoms with van der Waals surface area (Å²) in [6.07, 6.45) is 3.09. The van der Waals surface area contributed by atoms with Gasteiger partial charge in [0.2, 0.25) is 5.95 Å². The minimum atomic E-state index is -0.639. The van der Waals surface area contributed by atoms with E-state index in [-0.39, 0.29) is 28.1 Å². The maximum absolute atomic E-state index is 13.9. The topological polar surface area (TPSA) is 102 Å². The molecule has 2 N–H and O–H groups in total. The number of para-hydroxylation sites is 1. The van der Waals surface area contributed by atoms with E-state index in [2.05, 4.69) is 25.7 Å². The number of amides is 1. The highest BCUT2D eigenvalue weighted by Crippen LogP contribution is 2.31. The van der Waals surface area contributed by atoms with Crippen molar-refractivity contribution in [3.8, 4) is 16.9 Å². The number of nitrogens with one attached hydrogen (secondary N) is 2. The quantitative estimate of drug-likeness (QED) is 0.256. The van der Waals surface area contributed by atoms with Crippen LogP contribution in [0.4, 0.5) is 5.95 Å². The summed E-state index contributed by atoms with van der Waals surface area (Å²) >= 11 is 5.30. The van der Waals surface area contributed by atoms with Crippen LogP contribution in [0.5, 0.6) is 0 Å². The molecule has 0 saturated heterocycles. The van der Waals surface area contributed by atoms with Crippen molar-refractivity contribution in [2.45, 2.75) is 0 Å². The second-order valence-corrected chi connectivity index (χ2v) is 8.27. The largest absolute Gasteiger partial charge is 0.301 e. The summed E-state index contributed by atoms with van der Waals surface area (Å²) in [5.74, 6) is -0.746. The number of ketones is 1. The summed E-state index contributed by atoms with van der Waals surface area (Å²) in [5.41, 5.74) is 2.46. The zero-order valence-electron chi connectivity index (χ0n) is 19.4. The van der Waals surface area contributed by atoms with E-state index in [0.717, 1.165) is 5.56 Å². The van der Waals surface area contributed by atoms with Gasteiger partial charge in [-0.25, -0.2) is 14.6 Å². The molecule has 0 atom stereocenters. The number of anilines is 1. The minimum Gasteiger partial charge on any atom is -0.301 e. The van der Waals surface area contributed by atoms with E-state index in [4.69, 9.17) is 12.2 Å². The van der Waals surface area contributed by atoms with Gasteiger partial charge >= 0.3 is 0 Å². The maximum Gasteiger partial charge on any atom is 0.278 e. The molecule has 0 radical (unpaired) electrons. The Hall–Kier alpha value is -5.02. The lowest BCUT2D eigenvalue weighted by Gasteiger charge is -2.10. The Balaban J connectivity index is 1.64. The molecule has 2 heterocycles. The molecular weight excluding hydrogens is 484 g/mol. The van der Waals surface area contributed by atoms with Gasteiger partial charge in [0.25, 0.3) is 5.91 Å². The molecule has 2 aromatic heterocycles. The van der Waals surface area contributed by atoms with E-state index < -0.39 is 5.91 Å². The molecule has 5 aromatic rings. The van der Waals surface area contributed by atoms with Crippen molar-refractivity contribution in [3.63, 3.8) is 0 Å². The first-order valence-corrected chi connectivity index (χ1v) is 11.8. The van der Waals surface area contributed by atoms with Crippen molar-refractivity contribution < 1.29 is 9.59 Å². The predicted molar refractivity (Wildman–Crippen MR) is 145 cm³/mol. The molecule has 3 aromatic carbocycles. The van der Waals surface area contributed by atoms with Crippen molar-refractivity contribution in [1.82, 2.24) is 25.1 Å². The smallest absolute Gasteiger partial charge is 0.278 e. The van der Waals surface area contributed by atoms with Gasteiger partial charge in [0.15, 0.2) is 16.6 Å². The first-order chi connectivity index (χ1) is 18.1. The van der Waals surface area contributed by atoms with E-state index in [1.54, 1.807) is 47.4 Å². The van der Waals surface area contributed by atoms with Crippen molar-refractivity contribution in [3.05, 3.63) is 126 Å². The number of rotatable bonds is 6. The van der Waals surface area contributed by atoms with Gasteiger partial charge in [-0.3, -0.25) is 14.9 Å². The minimum absolute atomic E-state index is 0.0233. The highest BCUT2D eigenvalue weighted by molar-refractivity contribution is 7.80. The highest BCUT2D eigenvalue weighted by atomic mass is 32.1. The van der Waals surface area contributed by atoms with Crippen LogP contribution in [0.1, 0.15) is 26.4 Å². The fraction of sp³-hybridized carbons (Fsp3) is 0. The number of benzene rings is 3. The predicted octanol–water partition coefficient (Wildman–Crippen LogP) is 4.69. The highest BCUT2D eigenvalue weighted by Gasteiger charge is 2.30. The Morgan fingerprint density at radius 2 is 1.35 bits per heavy atom. The standard InChI is InChI=1S/C28H20N6O2S/c35-25(20-13-6-2-7-14-20)22-23(26(36)31-28(37)32-27-29-17-10-18-30-27)33-34(21-15-8-3-9-16-21)24(22)19-11-4-1-5-12-19/h1-18H,(H2,29,30,31,32,36,37). The first-order valence-electron chi connectivity index (χ1n) is 11.3. The van der Waals surface area contributed by atoms with Gasteiger partial charge in [0, 0.05) is 23.5 Å². The number of carbonyl (C=O) groups excluding carboxylic acids is 2. The van der Waals surface area contributed by atoms with Gasteiger partial charge in [-0.1, -0.05) is 78.9 Å². The van der Waals surface area contributed by atoms with E-state index in [1.165, 1.54) is 0 Å². The normalized spacial score (nSPS) is 10.5. The lowest BCUT2D eigenvalue weighted by Crippen LogP contribution is -2.35. The summed E-state index contributed by atoms with van der Waals surface area (Å²) in [6.45, 7) is 0. The molecule has 180 valence electrons.